The monoisotopic (exact) mass is 390 g/mol. The molecule has 2 fully saturated rings. The van der Waals surface area contributed by atoms with Gasteiger partial charge in [-0.05, 0) is 39.2 Å². The van der Waals surface area contributed by atoms with Gasteiger partial charge in [-0.2, -0.15) is 0 Å². The van der Waals surface area contributed by atoms with Crippen molar-refractivity contribution in [1.82, 2.24) is 9.80 Å². The summed E-state index contributed by atoms with van der Waals surface area (Å²) in [7, 11) is 0. The van der Waals surface area contributed by atoms with Gasteiger partial charge < -0.3 is 24.0 Å². The topological polar surface area (TPSA) is 68.3 Å². The van der Waals surface area contributed by atoms with E-state index in [-0.39, 0.29) is 18.8 Å². The lowest BCUT2D eigenvalue weighted by molar-refractivity contribution is -0.129. The van der Waals surface area contributed by atoms with Gasteiger partial charge in [-0.1, -0.05) is 30.3 Å². The fraction of sp³-hybridized carbons (Fsp3) is 0.619. The smallest absolute Gasteiger partial charge is 0.410 e. The molecule has 0 atom stereocenters. The molecule has 2 heterocycles. The van der Waals surface area contributed by atoms with Gasteiger partial charge in [0.25, 0.3) is 0 Å². The first-order chi connectivity index (χ1) is 13.3. The number of rotatable bonds is 2. The first-order valence-corrected chi connectivity index (χ1v) is 9.84. The van der Waals surface area contributed by atoms with Crippen LogP contribution in [0, 0.1) is 0 Å². The highest BCUT2D eigenvalue weighted by molar-refractivity contribution is 5.69. The molecule has 0 saturated carbocycles. The molecule has 2 amide bonds. The Bertz CT molecular complexity index is 678. The number of amides is 2. The fourth-order valence-corrected chi connectivity index (χ4v) is 3.54. The maximum Gasteiger partial charge on any atom is 0.410 e. The number of carbonyl (C=O) groups excluding carboxylic acids is 2. The highest BCUT2D eigenvalue weighted by Gasteiger charge is 2.42. The SMILES string of the molecule is CC(C)(C)OC(=O)N1CCC2(CC1)CN(C(=O)OCc1ccccc1)CCO2. The average molecular weight is 390 g/mol. The lowest BCUT2D eigenvalue weighted by Gasteiger charge is -2.46. The van der Waals surface area contributed by atoms with E-state index in [9.17, 15) is 9.59 Å². The normalized spacial score (nSPS) is 19.4. The molecular formula is C21H30N2O5. The minimum Gasteiger partial charge on any atom is -0.445 e. The molecule has 1 aromatic rings. The zero-order chi connectivity index (χ0) is 20.2. The van der Waals surface area contributed by atoms with Crippen LogP contribution in [-0.4, -0.2) is 66.0 Å². The van der Waals surface area contributed by atoms with Crippen LogP contribution in [0.15, 0.2) is 30.3 Å². The Morgan fingerprint density at radius 1 is 1.04 bits per heavy atom. The Kier molecular flexibility index (Phi) is 6.13. The molecule has 1 aromatic carbocycles. The zero-order valence-electron chi connectivity index (χ0n) is 17.0. The molecule has 2 aliphatic heterocycles. The van der Waals surface area contributed by atoms with E-state index >= 15 is 0 Å². The van der Waals surface area contributed by atoms with E-state index in [1.165, 1.54) is 0 Å². The number of hydrogen-bond acceptors (Lipinski definition) is 5. The summed E-state index contributed by atoms with van der Waals surface area (Å²) in [5, 5.41) is 0. The van der Waals surface area contributed by atoms with Gasteiger partial charge in [0.1, 0.15) is 12.2 Å². The minimum atomic E-state index is -0.507. The summed E-state index contributed by atoms with van der Waals surface area (Å²) in [4.78, 5) is 28.2. The molecule has 1 spiro atoms. The van der Waals surface area contributed by atoms with E-state index in [0.29, 0.717) is 45.6 Å². The Morgan fingerprint density at radius 3 is 2.36 bits per heavy atom. The van der Waals surface area contributed by atoms with E-state index < -0.39 is 11.2 Å². The average Bonchev–Trinajstić information content (AvgIpc) is 2.66. The quantitative estimate of drug-likeness (QED) is 0.774. The lowest BCUT2D eigenvalue weighted by Crippen LogP contribution is -2.58. The van der Waals surface area contributed by atoms with Crippen molar-refractivity contribution in [3.05, 3.63) is 35.9 Å². The lowest BCUT2D eigenvalue weighted by atomic mass is 9.89. The largest absolute Gasteiger partial charge is 0.445 e. The van der Waals surface area contributed by atoms with Crippen LogP contribution in [0.1, 0.15) is 39.2 Å². The van der Waals surface area contributed by atoms with Crippen molar-refractivity contribution in [1.29, 1.82) is 0 Å². The van der Waals surface area contributed by atoms with Crippen LogP contribution in [0.3, 0.4) is 0 Å². The second-order valence-electron chi connectivity index (χ2n) is 8.46. The highest BCUT2D eigenvalue weighted by atomic mass is 16.6. The molecule has 0 bridgehead atoms. The summed E-state index contributed by atoms with van der Waals surface area (Å²) in [6.07, 6.45) is 0.738. The zero-order valence-corrected chi connectivity index (χ0v) is 17.0. The van der Waals surface area contributed by atoms with Gasteiger partial charge in [-0.25, -0.2) is 9.59 Å². The highest BCUT2D eigenvalue weighted by Crippen LogP contribution is 2.31. The van der Waals surface area contributed by atoms with Crippen LogP contribution in [-0.2, 0) is 20.8 Å². The third-order valence-electron chi connectivity index (χ3n) is 5.04. The molecule has 0 aliphatic carbocycles. The van der Waals surface area contributed by atoms with Gasteiger partial charge >= 0.3 is 12.2 Å². The van der Waals surface area contributed by atoms with E-state index in [0.717, 1.165) is 5.56 Å². The second kappa shape index (κ2) is 8.39. The minimum absolute atomic E-state index is 0.260. The third-order valence-corrected chi connectivity index (χ3v) is 5.04. The number of benzene rings is 1. The number of carbonyl (C=O) groups is 2. The summed E-state index contributed by atoms with van der Waals surface area (Å²) < 4.78 is 17.0. The Morgan fingerprint density at radius 2 is 1.71 bits per heavy atom. The van der Waals surface area contributed by atoms with Crippen LogP contribution in [0.25, 0.3) is 0 Å². The van der Waals surface area contributed by atoms with Crippen LogP contribution < -0.4 is 0 Å². The fourth-order valence-electron chi connectivity index (χ4n) is 3.54. The van der Waals surface area contributed by atoms with Crippen molar-refractivity contribution in [3.8, 4) is 0 Å². The van der Waals surface area contributed by atoms with Gasteiger partial charge in [0.15, 0.2) is 0 Å². The van der Waals surface area contributed by atoms with E-state index in [2.05, 4.69) is 0 Å². The maximum absolute atomic E-state index is 12.5. The summed E-state index contributed by atoms with van der Waals surface area (Å²) in [6, 6.07) is 9.64. The van der Waals surface area contributed by atoms with E-state index in [4.69, 9.17) is 14.2 Å². The summed E-state index contributed by atoms with van der Waals surface area (Å²) in [5.41, 5.74) is 0.0413. The van der Waals surface area contributed by atoms with Crippen LogP contribution in [0.2, 0.25) is 0 Å². The number of ether oxygens (including phenoxy) is 3. The van der Waals surface area contributed by atoms with Crippen molar-refractivity contribution in [2.24, 2.45) is 0 Å². The van der Waals surface area contributed by atoms with E-state index in [1.54, 1.807) is 9.80 Å². The Labute approximate surface area is 166 Å². The first-order valence-electron chi connectivity index (χ1n) is 9.84. The van der Waals surface area contributed by atoms with Crippen molar-refractivity contribution in [2.45, 2.75) is 51.4 Å². The molecule has 154 valence electrons. The van der Waals surface area contributed by atoms with Crippen molar-refractivity contribution < 1.29 is 23.8 Å². The van der Waals surface area contributed by atoms with Gasteiger partial charge in [0.2, 0.25) is 0 Å². The van der Waals surface area contributed by atoms with Gasteiger partial charge in [-0.15, -0.1) is 0 Å². The van der Waals surface area contributed by atoms with Crippen molar-refractivity contribution in [3.63, 3.8) is 0 Å². The summed E-state index contributed by atoms with van der Waals surface area (Å²) in [5.74, 6) is 0. The predicted octanol–water partition coefficient (Wildman–Crippen LogP) is 3.43. The molecule has 28 heavy (non-hydrogen) atoms. The summed E-state index contributed by atoms with van der Waals surface area (Å²) >= 11 is 0. The van der Waals surface area contributed by atoms with Crippen molar-refractivity contribution in [2.75, 3.05) is 32.8 Å². The second-order valence-corrected chi connectivity index (χ2v) is 8.46. The molecule has 3 rings (SSSR count). The maximum atomic E-state index is 12.5. The van der Waals surface area contributed by atoms with Gasteiger partial charge in [0, 0.05) is 19.6 Å². The molecule has 0 radical (unpaired) electrons. The predicted molar refractivity (Wildman–Crippen MR) is 104 cm³/mol. The molecule has 7 heteroatoms. The number of hydrogen-bond donors (Lipinski definition) is 0. The Hall–Kier alpha value is -2.28. The number of morpholine rings is 1. The standard InChI is InChI=1S/C21H30N2O5/c1-20(2,3)28-19(25)22-11-9-21(10-12-22)16-23(13-14-27-21)18(24)26-15-17-7-5-4-6-8-17/h4-8H,9-16H2,1-3H3. The van der Waals surface area contributed by atoms with Crippen LogP contribution >= 0.6 is 0 Å². The summed E-state index contributed by atoms with van der Waals surface area (Å²) in [6.45, 7) is 8.44. The molecule has 2 saturated heterocycles. The number of nitrogens with zero attached hydrogens (tertiary/aromatic N) is 2. The molecule has 0 unspecified atom stereocenters. The van der Waals surface area contributed by atoms with Crippen LogP contribution in [0.4, 0.5) is 9.59 Å². The third kappa shape index (κ3) is 5.38. The molecular weight excluding hydrogens is 360 g/mol. The molecule has 0 aromatic heterocycles. The Balaban J connectivity index is 1.50. The molecule has 0 N–H and O–H groups in total. The molecule has 2 aliphatic rings. The van der Waals surface area contributed by atoms with Crippen LogP contribution in [0.5, 0.6) is 0 Å². The first kappa shape index (κ1) is 20.5. The van der Waals surface area contributed by atoms with E-state index in [1.807, 2.05) is 51.1 Å². The van der Waals surface area contributed by atoms with Crippen molar-refractivity contribution >= 4 is 12.2 Å². The van der Waals surface area contributed by atoms with Gasteiger partial charge in [-0.3, -0.25) is 0 Å². The number of piperidine rings is 1. The van der Waals surface area contributed by atoms with Gasteiger partial charge in [0.05, 0.1) is 18.8 Å². The number of likely N-dealkylation sites (tertiary alicyclic amines) is 1. The molecule has 7 nitrogen and oxygen atoms in total.